The Bertz CT molecular complexity index is 901. The minimum absolute atomic E-state index is 0.0344. The van der Waals surface area contributed by atoms with E-state index in [1.807, 2.05) is 54.6 Å². The summed E-state index contributed by atoms with van der Waals surface area (Å²) in [5.41, 5.74) is 1.02. The van der Waals surface area contributed by atoms with Crippen LogP contribution in [0.5, 0.6) is 5.75 Å². The topological polar surface area (TPSA) is 78.9 Å². The second-order valence-electron chi connectivity index (χ2n) is 7.97. The maximum atomic E-state index is 13.2. The average molecular weight is 394 g/mol. The number of nitrogens with zero attached hydrogens (tertiary/aromatic N) is 1. The van der Waals surface area contributed by atoms with Crippen LogP contribution >= 0.6 is 0 Å². The van der Waals surface area contributed by atoms with Crippen molar-refractivity contribution in [3.05, 3.63) is 65.7 Å². The first-order valence-electron chi connectivity index (χ1n) is 10.0. The van der Waals surface area contributed by atoms with Gasteiger partial charge in [-0.05, 0) is 30.4 Å². The van der Waals surface area contributed by atoms with Gasteiger partial charge in [-0.2, -0.15) is 0 Å². The summed E-state index contributed by atoms with van der Waals surface area (Å²) >= 11 is 0. The van der Waals surface area contributed by atoms with Gasteiger partial charge in [-0.25, -0.2) is 4.79 Å². The summed E-state index contributed by atoms with van der Waals surface area (Å²) in [6.45, 7) is 0.762. The van der Waals surface area contributed by atoms with Crippen molar-refractivity contribution in [2.45, 2.75) is 25.3 Å². The van der Waals surface area contributed by atoms with Gasteiger partial charge in [0.2, 0.25) is 0 Å². The third-order valence-corrected chi connectivity index (χ3v) is 6.43. The summed E-state index contributed by atoms with van der Waals surface area (Å²) in [4.78, 5) is 26.8. The third-order valence-electron chi connectivity index (χ3n) is 6.43. The molecule has 1 heterocycles. The van der Waals surface area contributed by atoms with E-state index >= 15 is 0 Å². The summed E-state index contributed by atoms with van der Waals surface area (Å²) in [6.07, 6.45) is 2.43. The normalized spacial score (nSPS) is 24.0. The Balaban J connectivity index is 1.60. The fourth-order valence-corrected chi connectivity index (χ4v) is 4.90. The van der Waals surface area contributed by atoms with Gasteiger partial charge >= 0.3 is 12.0 Å². The number of likely N-dealkylation sites (tertiary alicyclic amines) is 1. The molecule has 0 aromatic heterocycles. The first kappa shape index (κ1) is 19.3. The first-order valence-corrected chi connectivity index (χ1v) is 10.0. The predicted octanol–water partition coefficient (Wildman–Crippen LogP) is 3.68. The van der Waals surface area contributed by atoms with Crippen LogP contribution < -0.4 is 10.1 Å². The molecule has 1 aliphatic carbocycles. The van der Waals surface area contributed by atoms with Gasteiger partial charge in [0.1, 0.15) is 5.75 Å². The second-order valence-corrected chi connectivity index (χ2v) is 7.97. The molecule has 2 aromatic carbocycles. The number of nitrogens with one attached hydrogen (secondary N) is 1. The highest BCUT2D eigenvalue weighted by molar-refractivity contribution is 5.81. The number of carboxylic acids is 1. The molecule has 29 heavy (non-hydrogen) atoms. The Morgan fingerprint density at radius 3 is 2.59 bits per heavy atom. The van der Waals surface area contributed by atoms with Crippen LogP contribution in [-0.2, 0) is 4.79 Å². The summed E-state index contributed by atoms with van der Waals surface area (Å²) in [5, 5.41) is 12.9. The monoisotopic (exact) mass is 394 g/mol. The van der Waals surface area contributed by atoms with Crippen LogP contribution in [0, 0.1) is 11.3 Å². The molecule has 1 aliphatic heterocycles. The van der Waals surface area contributed by atoms with Crippen LogP contribution in [0.1, 0.15) is 36.4 Å². The first-order chi connectivity index (χ1) is 14.0. The lowest BCUT2D eigenvalue weighted by Gasteiger charge is -2.27. The maximum Gasteiger partial charge on any atom is 0.318 e. The molecular weight excluding hydrogens is 368 g/mol. The molecular formula is C23H26N2O4. The largest absolute Gasteiger partial charge is 0.496 e. The molecule has 4 rings (SSSR count). The van der Waals surface area contributed by atoms with Gasteiger partial charge in [0.05, 0.1) is 18.6 Å². The number of urea groups is 1. The van der Waals surface area contributed by atoms with E-state index in [4.69, 9.17) is 4.74 Å². The molecule has 1 unspecified atom stereocenters. The van der Waals surface area contributed by atoms with Crippen LogP contribution in [0.3, 0.4) is 0 Å². The van der Waals surface area contributed by atoms with Crippen molar-refractivity contribution in [1.29, 1.82) is 0 Å². The average Bonchev–Trinajstić information content (AvgIpc) is 3.31. The van der Waals surface area contributed by atoms with E-state index < -0.39 is 11.4 Å². The van der Waals surface area contributed by atoms with Crippen molar-refractivity contribution in [2.24, 2.45) is 11.3 Å². The number of fused-ring (bicyclic) bond motifs is 1. The number of carbonyl (C=O) groups excluding carboxylic acids is 1. The number of rotatable bonds is 5. The molecule has 0 radical (unpaired) electrons. The molecule has 2 fully saturated rings. The molecule has 2 amide bonds. The predicted molar refractivity (Wildman–Crippen MR) is 109 cm³/mol. The van der Waals surface area contributed by atoms with E-state index in [1.165, 1.54) is 0 Å². The number of carboxylic acid groups (broad SMARTS) is 1. The van der Waals surface area contributed by atoms with E-state index in [0.29, 0.717) is 18.7 Å². The number of methoxy groups -OCH3 is 1. The van der Waals surface area contributed by atoms with Crippen molar-refractivity contribution in [3.63, 3.8) is 0 Å². The van der Waals surface area contributed by atoms with Gasteiger partial charge in [0, 0.05) is 18.7 Å². The van der Waals surface area contributed by atoms with Crippen molar-refractivity contribution in [3.8, 4) is 5.75 Å². The summed E-state index contributed by atoms with van der Waals surface area (Å²) in [6, 6.07) is 16.7. The zero-order valence-corrected chi connectivity index (χ0v) is 16.5. The van der Waals surface area contributed by atoms with Gasteiger partial charge in [0.25, 0.3) is 0 Å². The molecule has 1 saturated carbocycles. The Labute approximate surface area is 170 Å². The van der Waals surface area contributed by atoms with Gasteiger partial charge in [0.15, 0.2) is 0 Å². The number of benzene rings is 2. The number of hydrogen-bond acceptors (Lipinski definition) is 3. The van der Waals surface area contributed by atoms with E-state index in [9.17, 15) is 14.7 Å². The highest BCUT2D eigenvalue weighted by atomic mass is 16.5. The molecule has 2 aromatic rings. The number of aliphatic carboxylic acids is 1. The van der Waals surface area contributed by atoms with E-state index in [0.717, 1.165) is 24.0 Å². The lowest BCUT2D eigenvalue weighted by atomic mass is 9.81. The van der Waals surface area contributed by atoms with Crippen LogP contribution in [-0.4, -0.2) is 42.2 Å². The highest BCUT2D eigenvalue weighted by Crippen LogP contribution is 2.49. The molecule has 0 spiro atoms. The smallest absolute Gasteiger partial charge is 0.318 e. The minimum atomic E-state index is -0.788. The zero-order valence-electron chi connectivity index (χ0n) is 16.5. The summed E-state index contributed by atoms with van der Waals surface area (Å²) in [5.74, 6) is -0.0474. The third kappa shape index (κ3) is 3.43. The van der Waals surface area contributed by atoms with Crippen molar-refractivity contribution in [1.82, 2.24) is 10.2 Å². The Morgan fingerprint density at radius 1 is 1.17 bits per heavy atom. The number of hydrogen-bond donors (Lipinski definition) is 2. The van der Waals surface area contributed by atoms with Gasteiger partial charge in [-0.3, -0.25) is 4.79 Å². The van der Waals surface area contributed by atoms with Gasteiger partial charge in [-0.1, -0.05) is 55.0 Å². The van der Waals surface area contributed by atoms with Gasteiger partial charge in [-0.15, -0.1) is 0 Å². The van der Waals surface area contributed by atoms with Crippen LogP contribution in [0.25, 0.3) is 0 Å². The second kappa shape index (κ2) is 7.78. The fraction of sp³-hybridized carbons (Fsp3) is 0.391. The highest BCUT2D eigenvalue weighted by Gasteiger charge is 2.55. The van der Waals surface area contributed by atoms with Crippen molar-refractivity contribution in [2.75, 3.05) is 20.2 Å². The molecule has 0 bridgehead atoms. The number of ether oxygens (including phenoxy) is 1. The molecule has 2 N–H and O–H groups in total. The fourth-order valence-electron chi connectivity index (χ4n) is 4.90. The molecule has 6 nitrogen and oxygen atoms in total. The van der Waals surface area contributed by atoms with E-state index in [1.54, 1.807) is 12.0 Å². The molecule has 152 valence electrons. The number of amides is 2. The van der Waals surface area contributed by atoms with Crippen LogP contribution in [0.15, 0.2) is 54.6 Å². The maximum absolute atomic E-state index is 13.2. The lowest BCUT2D eigenvalue weighted by molar-refractivity contribution is -0.149. The number of para-hydroxylation sites is 1. The standard InChI is InChI=1S/C23H26N2O4/c1-29-19-12-6-5-11-18(19)20(16-8-3-2-4-9-16)24-22(28)25-14-17-10-7-13-23(17,15-25)21(26)27/h2-6,8-9,11-12,17,20H,7,10,13-15H2,1H3,(H,24,28)(H,26,27)/t17-,20?,23+/m0/s1. The van der Waals surface area contributed by atoms with Gasteiger partial charge < -0.3 is 20.1 Å². The Hall–Kier alpha value is -3.02. The van der Waals surface area contributed by atoms with Crippen LogP contribution in [0.4, 0.5) is 4.79 Å². The summed E-state index contributed by atoms with van der Waals surface area (Å²) < 4.78 is 5.52. The molecule has 1 saturated heterocycles. The quantitative estimate of drug-likeness (QED) is 0.811. The van der Waals surface area contributed by atoms with E-state index in [-0.39, 0.29) is 24.5 Å². The lowest BCUT2D eigenvalue weighted by Crippen LogP contribution is -2.43. The molecule has 2 aliphatic rings. The number of carbonyl (C=O) groups is 2. The Kier molecular flexibility index (Phi) is 5.18. The SMILES string of the molecule is COc1ccccc1C(NC(=O)N1C[C@@H]2CCC[C@@]2(C(=O)O)C1)c1ccccc1. The molecule has 3 atom stereocenters. The van der Waals surface area contributed by atoms with E-state index in [2.05, 4.69) is 5.32 Å². The molecule has 6 heteroatoms. The van der Waals surface area contributed by atoms with Crippen molar-refractivity contribution >= 4 is 12.0 Å². The summed E-state index contributed by atoms with van der Waals surface area (Å²) in [7, 11) is 1.61. The zero-order chi connectivity index (χ0) is 20.4. The minimum Gasteiger partial charge on any atom is -0.496 e. The Morgan fingerprint density at radius 2 is 1.90 bits per heavy atom. The van der Waals surface area contributed by atoms with Crippen LogP contribution in [0.2, 0.25) is 0 Å². The van der Waals surface area contributed by atoms with Crippen molar-refractivity contribution < 1.29 is 19.4 Å².